The van der Waals surface area contributed by atoms with Gasteiger partial charge in [0.15, 0.2) is 5.78 Å². The smallest absolute Gasteiger partial charge is 0.339 e. The second-order valence-electron chi connectivity index (χ2n) is 5.15. The summed E-state index contributed by atoms with van der Waals surface area (Å²) in [6.07, 6.45) is -0.669. The molecule has 2 aromatic rings. The molecule has 0 amide bonds. The molecule has 0 aliphatic heterocycles. The van der Waals surface area contributed by atoms with Crippen molar-refractivity contribution in [2.45, 2.75) is 24.8 Å². The molecule has 0 heterocycles. The molecule has 0 aliphatic carbocycles. The molecule has 0 bridgehead atoms. The number of benzene rings is 2. The summed E-state index contributed by atoms with van der Waals surface area (Å²) in [5, 5.41) is 0. The van der Waals surface area contributed by atoms with Crippen LogP contribution in [0.25, 0.3) is 0 Å². The Hall–Kier alpha value is -2.18. The molecule has 1 atom stereocenters. The summed E-state index contributed by atoms with van der Waals surface area (Å²) < 4.78 is 34.6. The molecule has 0 saturated carbocycles. The largest absolute Gasteiger partial charge is 0.379 e. The van der Waals surface area contributed by atoms with E-state index in [2.05, 4.69) is 0 Å². The Morgan fingerprint density at radius 1 is 1.00 bits per heavy atom. The zero-order valence-electron chi connectivity index (χ0n) is 13.1. The third-order valence-corrected chi connectivity index (χ3v) is 4.56. The summed E-state index contributed by atoms with van der Waals surface area (Å²) in [7, 11) is -2.44. The summed E-state index contributed by atoms with van der Waals surface area (Å²) in [5.41, 5.74) is 1.60. The van der Waals surface area contributed by atoms with Gasteiger partial charge >= 0.3 is 10.1 Å². The Kier molecular flexibility index (Phi) is 5.18. The van der Waals surface area contributed by atoms with Crippen LogP contribution in [0.5, 0.6) is 5.75 Å². The quantitative estimate of drug-likeness (QED) is 0.760. The van der Waals surface area contributed by atoms with Gasteiger partial charge in [-0.1, -0.05) is 29.8 Å². The first-order valence-corrected chi connectivity index (χ1v) is 8.38. The van der Waals surface area contributed by atoms with E-state index < -0.39 is 16.2 Å². The number of Topliss-reactive ketones (excluding diaryl/α,β-unsaturated/α-hetero) is 1. The van der Waals surface area contributed by atoms with Crippen LogP contribution in [0.2, 0.25) is 0 Å². The SMILES string of the molecule is COC(C(C)=O)c1ccc(OS(=O)(=O)c2ccc(C)cc2)cc1. The maximum atomic E-state index is 12.2. The second kappa shape index (κ2) is 6.93. The predicted octanol–water partition coefficient (Wildman–Crippen LogP) is 3.04. The Labute approximate surface area is 136 Å². The molecule has 5 nitrogen and oxygen atoms in total. The Morgan fingerprint density at radius 3 is 2.04 bits per heavy atom. The highest BCUT2D eigenvalue weighted by Gasteiger charge is 2.18. The topological polar surface area (TPSA) is 69.7 Å². The second-order valence-corrected chi connectivity index (χ2v) is 6.69. The molecule has 6 heteroatoms. The van der Waals surface area contributed by atoms with Crippen LogP contribution >= 0.6 is 0 Å². The number of hydrogen-bond donors (Lipinski definition) is 0. The Bertz CT molecular complexity index is 777. The van der Waals surface area contributed by atoms with Crippen molar-refractivity contribution >= 4 is 15.9 Å². The van der Waals surface area contributed by atoms with Crippen LogP contribution in [-0.4, -0.2) is 21.3 Å². The maximum absolute atomic E-state index is 12.2. The van der Waals surface area contributed by atoms with E-state index in [0.717, 1.165) is 5.56 Å². The molecular weight excluding hydrogens is 316 g/mol. The van der Waals surface area contributed by atoms with Gasteiger partial charge in [-0.15, -0.1) is 0 Å². The Morgan fingerprint density at radius 2 is 1.57 bits per heavy atom. The molecular formula is C17H18O5S. The van der Waals surface area contributed by atoms with Gasteiger partial charge < -0.3 is 8.92 Å². The molecule has 0 aliphatic rings. The minimum Gasteiger partial charge on any atom is -0.379 e. The van der Waals surface area contributed by atoms with Crippen LogP contribution in [0, 0.1) is 6.92 Å². The van der Waals surface area contributed by atoms with Crippen molar-refractivity contribution in [1.29, 1.82) is 0 Å². The molecule has 2 aromatic carbocycles. The van der Waals surface area contributed by atoms with Gasteiger partial charge in [0.1, 0.15) is 16.7 Å². The van der Waals surface area contributed by atoms with Crippen molar-refractivity contribution < 1.29 is 22.1 Å². The number of hydrogen-bond acceptors (Lipinski definition) is 5. The lowest BCUT2D eigenvalue weighted by atomic mass is 10.1. The average molecular weight is 334 g/mol. The van der Waals surface area contributed by atoms with Crippen LogP contribution in [-0.2, 0) is 19.6 Å². The van der Waals surface area contributed by atoms with Crippen molar-refractivity contribution in [3.8, 4) is 5.75 Å². The molecule has 0 N–H and O–H groups in total. The lowest BCUT2D eigenvalue weighted by Crippen LogP contribution is -2.12. The van der Waals surface area contributed by atoms with Crippen molar-refractivity contribution in [1.82, 2.24) is 0 Å². The number of ketones is 1. The van der Waals surface area contributed by atoms with Gasteiger partial charge in [-0.3, -0.25) is 4.79 Å². The van der Waals surface area contributed by atoms with E-state index >= 15 is 0 Å². The fraction of sp³-hybridized carbons (Fsp3) is 0.235. The van der Waals surface area contributed by atoms with Gasteiger partial charge in [0, 0.05) is 7.11 Å². The minimum absolute atomic E-state index is 0.0886. The van der Waals surface area contributed by atoms with E-state index in [9.17, 15) is 13.2 Å². The van der Waals surface area contributed by atoms with Crippen molar-refractivity contribution in [2.75, 3.05) is 7.11 Å². The standard InChI is InChI=1S/C17H18O5S/c1-12-4-10-16(11-5-12)23(19,20)22-15-8-6-14(7-9-15)17(21-3)13(2)18/h4-11,17H,1-3H3. The number of carbonyl (C=O) groups excluding carboxylic acids is 1. The highest BCUT2D eigenvalue weighted by molar-refractivity contribution is 7.87. The van der Waals surface area contributed by atoms with Gasteiger partial charge in [0.05, 0.1) is 0 Å². The predicted molar refractivity (Wildman–Crippen MR) is 85.9 cm³/mol. The third kappa shape index (κ3) is 4.18. The molecule has 122 valence electrons. The molecule has 1 unspecified atom stereocenters. The van der Waals surface area contributed by atoms with Crippen molar-refractivity contribution in [2.24, 2.45) is 0 Å². The molecule has 0 spiro atoms. The van der Waals surface area contributed by atoms with E-state index in [-0.39, 0.29) is 16.4 Å². The number of methoxy groups -OCH3 is 1. The lowest BCUT2D eigenvalue weighted by molar-refractivity contribution is -0.126. The average Bonchev–Trinajstić information content (AvgIpc) is 2.49. The van der Waals surface area contributed by atoms with Crippen LogP contribution in [0.3, 0.4) is 0 Å². The van der Waals surface area contributed by atoms with Gasteiger partial charge in [0.25, 0.3) is 0 Å². The molecule has 2 rings (SSSR count). The van der Waals surface area contributed by atoms with Gasteiger partial charge in [-0.2, -0.15) is 8.42 Å². The normalized spacial score (nSPS) is 12.7. The number of carbonyl (C=O) groups is 1. The highest BCUT2D eigenvalue weighted by atomic mass is 32.2. The zero-order valence-corrected chi connectivity index (χ0v) is 14.0. The summed E-state index contributed by atoms with van der Waals surface area (Å²) >= 11 is 0. The van der Waals surface area contributed by atoms with E-state index in [1.807, 2.05) is 6.92 Å². The van der Waals surface area contributed by atoms with Crippen molar-refractivity contribution in [3.63, 3.8) is 0 Å². The molecule has 0 fully saturated rings. The van der Waals surface area contributed by atoms with Crippen LogP contribution in [0.15, 0.2) is 53.4 Å². The van der Waals surface area contributed by atoms with Gasteiger partial charge in [-0.05, 0) is 43.7 Å². The van der Waals surface area contributed by atoms with Crippen LogP contribution in [0.4, 0.5) is 0 Å². The first kappa shape index (κ1) is 17.2. The summed E-state index contributed by atoms with van der Waals surface area (Å²) in [5.74, 6) is 0.0428. The summed E-state index contributed by atoms with van der Waals surface area (Å²) in [6, 6.07) is 12.6. The number of aryl methyl sites for hydroxylation is 1. The van der Waals surface area contributed by atoms with E-state index in [0.29, 0.717) is 5.56 Å². The first-order valence-electron chi connectivity index (χ1n) is 6.98. The minimum atomic E-state index is -3.88. The van der Waals surface area contributed by atoms with Crippen molar-refractivity contribution in [3.05, 3.63) is 59.7 Å². The third-order valence-electron chi connectivity index (χ3n) is 3.30. The van der Waals surface area contributed by atoms with Gasteiger partial charge in [0.2, 0.25) is 0 Å². The van der Waals surface area contributed by atoms with E-state index in [1.165, 1.54) is 38.3 Å². The number of rotatable bonds is 6. The first-order chi connectivity index (χ1) is 10.8. The highest BCUT2D eigenvalue weighted by Crippen LogP contribution is 2.23. The summed E-state index contributed by atoms with van der Waals surface area (Å²) in [4.78, 5) is 11.5. The van der Waals surface area contributed by atoms with Crippen LogP contribution < -0.4 is 4.18 Å². The Balaban J connectivity index is 2.20. The van der Waals surface area contributed by atoms with Crippen LogP contribution in [0.1, 0.15) is 24.2 Å². The fourth-order valence-electron chi connectivity index (χ4n) is 2.11. The molecule has 0 aromatic heterocycles. The monoisotopic (exact) mass is 334 g/mol. The molecule has 23 heavy (non-hydrogen) atoms. The molecule has 0 radical (unpaired) electrons. The molecule has 0 saturated heterocycles. The lowest BCUT2D eigenvalue weighted by Gasteiger charge is -2.13. The fourth-order valence-corrected chi connectivity index (χ4v) is 3.04. The van der Waals surface area contributed by atoms with E-state index in [1.54, 1.807) is 24.3 Å². The van der Waals surface area contributed by atoms with Gasteiger partial charge in [-0.25, -0.2) is 0 Å². The zero-order chi connectivity index (χ0) is 17.0. The number of ether oxygens (including phenoxy) is 1. The van der Waals surface area contributed by atoms with E-state index in [4.69, 9.17) is 8.92 Å². The maximum Gasteiger partial charge on any atom is 0.339 e. The summed E-state index contributed by atoms with van der Waals surface area (Å²) in [6.45, 7) is 3.30.